The summed E-state index contributed by atoms with van der Waals surface area (Å²) < 4.78 is 5.39. The second-order valence-electron chi connectivity index (χ2n) is 4.00. The molecule has 0 unspecified atom stereocenters. The van der Waals surface area contributed by atoms with Crippen molar-refractivity contribution in [3.63, 3.8) is 0 Å². The zero-order valence-corrected chi connectivity index (χ0v) is 10.6. The number of nitrogen functional groups attached to an aromatic ring is 1. The normalized spacial score (nSPS) is 10.3. The molecule has 1 rings (SSSR count). The van der Waals surface area contributed by atoms with Crippen molar-refractivity contribution in [2.75, 3.05) is 30.8 Å². The first-order chi connectivity index (χ1) is 8.65. The highest BCUT2D eigenvalue weighted by Crippen LogP contribution is 2.18. The Kier molecular flexibility index (Phi) is 6.00. The van der Waals surface area contributed by atoms with Crippen molar-refractivity contribution in [3.8, 4) is 0 Å². The van der Waals surface area contributed by atoms with Gasteiger partial charge in [0.25, 0.3) is 0 Å². The number of hydrogen-bond acceptors (Lipinski definition) is 4. The van der Waals surface area contributed by atoms with E-state index >= 15 is 0 Å². The van der Waals surface area contributed by atoms with Crippen LogP contribution in [0.4, 0.5) is 11.4 Å². The molecule has 1 aromatic rings. The van der Waals surface area contributed by atoms with Crippen LogP contribution in [0.5, 0.6) is 0 Å². The quantitative estimate of drug-likeness (QED) is 0.488. The minimum atomic E-state index is -0.989. The molecular weight excluding hydrogens is 232 g/mol. The molecule has 0 aromatic heterocycles. The van der Waals surface area contributed by atoms with Crippen molar-refractivity contribution < 1.29 is 14.6 Å². The van der Waals surface area contributed by atoms with Gasteiger partial charge in [-0.15, -0.1) is 0 Å². The lowest BCUT2D eigenvalue weighted by atomic mass is 10.1. The average molecular weight is 252 g/mol. The van der Waals surface area contributed by atoms with Crippen LogP contribution in [-0.4, -0.2) is 30.8 Å². The van der Waals surface area contributed by atoms with Gasteiger partial charge in [0.2, 0.25) is 0 Å². The number of unbranched alkanes of at least 4 members (excludes halogenated alkanes) is 1. The SMILES string of the molecule is CCCCOCCNc1ccc(N)cc1C(=O)O. The Morgan fingerprint density at radius 3 is 2.89 bits per heavy atom. The van der Waals surface area contributed by atoms with E-state index in [0.717, 1.165) is 19.4 Å². The van der Waals surface area contributed by atoms with Gasteiger partial charge in [-0.3, -0.25) is 0 Å². The topological polar surface area (TPSA) is 84.6 Å². The number of carboxylic acids is 1. The molecule has 0 fully saturated rings. The van der Waals surface area contributed by atoms with Crippen molar-refractivity contribution in [2.24, 2.45) is 0 Å². The van der Waals surface area contributed by atoms with Crippen molar-refractivity contribution >= 4 is 17.3 Å². The lowest BCUT2D eigenvalue weighted by molar-refractivity contribution is 0.0698. The number of nitrogens with one attached hydrogen (secondary N) is 1. The Bertz CT molecular complexity index is 394. The third kappa shape index (κ3) is 4.63. The molecular formula is C13H20N2O3. The van der Waals surface area contributed by atoms with E-state index in [0.29, 0.717) is 24.5 Å². The Morgan fingerprint density at radius 2 is 2.22 bits per heavy atom. The zero-order valence-electron chi connectivity index (χ0n) is 10.6. The van der Waals surface area contributed by atoms with Crippen LogP contribution in [0.2, 0.25) is 0 Å². The highest BCUT2D eigenvalue weighted by molar-refractivity contribution is 5.95. The van der Waals surface area contributed by atoms with Gasteiger partial charge in [-0.2, -0.15) is 0 Å². The van der Waals surface area contributed by atoms with E-state index in [4.69, 9.17) is 15.6 Å². The summed E-state index contributed by atoms with van der Waals surface area (Å²) in [6.07, 6.45) is 2.15. The summed E-state index contributed by atoms with van der Waals surface area (Å²) in [7, 11) is 0. The maximum atomic E-state index is 11.0. The van der Waals surface area contributed by atoms with Crippen molar-refractivity contribution in [1.82, 2.24) is 0 Å². The third-order valence-electron chi connectivity index (χ3n) is 2.48. The molecule has 0 aliphatic carbocycles. The summed E-state index contributed by atoms with van der Waals surface area (Å²) >= 11 is 0. The summed E-state index contributed by atoms with van der Waals surface area (Å²) in [6.45, 7) is 3.98. The van der Waals surface area contributed by atoms with E-state index in [2.05, 4.69) is 12.2 Å². The number of benzene rings is 1. The Labute approximate surface area is 107 Å². The van der Waals surface area contributed by atoms with Crippen LogP contribution in [0.15, 0.2) is 18.2 Å². The van der Waals surface area contributed by atoms with Crippen LogP contribution in [0.1, 0.15) is 30.1 Å². The van der Waals surface area contributed by atoms with Gasteiger partial charge in [0.1, 0.15) is 0 Å². The van der Waals surface area contributed by atoms with Crippen molar-refractivity contribution in [3.05, 3.63) is 23.8 Å². The number of rotatable bonds is 8. The number of hydrogen-bond donors (Lipinski definition) is 3. The monoisotopic (exact) mass is 252 g/mol. The van der Waals surface area contributed by atoms with Gasteiger partial charge in [-0.25, -0.2) is 4.79 Å². The van der Waals surface area contributed by atoms with E-state index < -0.39 is 5.97 Å². The van der Waals surface area contributed by atoms with Crippen LogP contribution in [0, 0.1) is 0 Å². The van der Waals surface area contributed by atoms with Gasteiger partial charge < -0.3 is 20.9 Å². The molecule has 0 atom stereocenters. The first kappa shape index (κ1) is 14.3. The average Bonchev–Trinajstić information content (AvgIpc) is 2.35. The predicted molar refractivity (Wildman–Crippen MR) is 72.0 cm³/mol. The van der Waals surface area contributed by atoms with Crippen LogP contribution < -0.4 is 11.1 Å². The number of nitrogens with two attached hydrogens (primary N) is 1. The molecule has 5 nitrogen and oxygen atoms in total. The van der Waals surface area contributed by atoms with Crippen LogP contribution >= 0.6 is 0 Å². The molecule has 0 saturated heterocycles. The molecule has 4 N–H and O–H groups in total. The highest BCUT2D eigenvalue weighted by atomic mass is 16.5. The molecule has 100 valence electrons. The fraction of sp³-hybridized carbons (Fsp3) is 0.462. The number of aromatic carboxylic acids is 1. The van der Waals surface area contributed by atoms with E-state index in [1.165, 1.54) is 6.07 Å². The van der Waals surface area contributed by atoms with Gasteiger partial charge in [-0.1, -0.05) is 13.3 Å². The molecule has 5 heteroatoms. The minimum absolute atomic E-state index is 0.184. The summed E-state index contributed by atoms with van der Waals surface area (Å²) in [5, 5.41) is 12.1. The van der Waals surface area contributed by atoms with Gasteiger partial charge in [-0.05, 0) is 24.6 Å². The molecule has 0 spiro atoms. The number of carboxylic acid groups (broad SMARTS) is 1. The molecule has 0 aliphatic heterocycles. The Morgan fingerprint density at radius 1 is 1.44 bits per heavy atom. The molecule has 0 bridgehead atoms. The lowest BCUT2D eigenvalue weighted by Crippen LogP contribution is -2.13. The van der Waals surface area contributed by atoms with E-state index in [9.17, 15) is 4.79 Å². The summed E-state index contributed by atoms with van der Waals surface area (Å²) in [6, 6.07) is 4.79. The summed E-state index contributed by atoms with van der Waals surface area (Å²) in [4.78, 5) is 11.0. The molecule has 18 heavy (non-hydrogen) atoms. The minimum Gasteiger partial charge on any atom is -0.478 e. The van der Waals surface area contributed by atoms with Gasteiger partial charge >= 0.3 is 5.97 Å². The van der Waals surface area contributed by atoms with Crippen LogP contribution in [-0.2, 0) is 4.74 Å². The van der Waals surface area contributed by atoms with Crippen molar-refractivity contribution in [2.45, 2.75) is 19.8 Å². The number of carbonyl (C=O) groups is 1. The highest BCUT2D eigenvalue weighted by Gasteiger charge is 2.09. The first-order valence-corrected chi connectivity index (χ1v) is 6.09. The van der Waals surface area contributed by atoms with Crippen LogP contribution in [0.25, 0.3) is 0 Å². The third-order valence-corrected chi connectivity index (χ3v) is 2.48. The first-order valence-electron chi connectivity index (χ1n) is 6.09. The predicted octanol–water partition coefficient (Wildman–Crippen LogP) is 2.20. The maximum Gasteiger partial charge on any atom is 0.337 e. The zero-order chi connectivity index (χ0) is 13.4. The van der Waals surface area contributed by atoms with E-state index in [-0.39, 0.29) is 5.56 Å². The second-order valence-corrected chi connectivity index (χ2v) is 4.00. The lowest BCUT2D eigenvalue weighted by Gasteiger charge is -2.10. The molecule has 0 amide bonds. The fourth-order valence-corrected chi connectivity index (χ4v) is 1.50. The molecule has 0 saturated carbocycles. The summed E-state index contributed by atoms with van der Waals surface area (Å²) in [5.74, 6) is -0.989. The van der Waals surface area contributed by atoms with Gasteiger partial charge in [0.15, 0.2) is 0 Å². The second kappa shape index (κ2) is 7.55. The van der Waals surface area contributed by atoms with Crippen molar-refractivity contribution in [1.29, 1.82) is 0 Å². The largest absolute Gasteiger partial charge is 0.478 e. The number of ether oxygens (including phenoxy) is 1. The molecule has 0 heterocycles. The van der Waals surface area contributed by atoms with Gasteiger partial charge in [0.05, 0.1) is 12.2 Å². The summed E-state index contributed by atoms with van der Waals surface area (Å²) in [5.41, 5.74) is 6.75. The number of anilines is 2. The van der Waals surface area contributed by atoms with E-state index in [1.807, 2.05) is 0 Å². The Hall–Kier alpha value is -1.75. The van der Waals surface area contributed by atoms with Crippen LogP contribution in [0.3, 0.4) is 0 Å². The van der Waals surface area contributed by atoms with E-state index in [1.54, 1.807) is 12.1 Å². The Balaban J connectivity index is 2.44. The molecule has 1 aromatic carbocycles. The molecule has 0 aliphatic rings. The van der Waals surface area contributed by atoms with Gasteiger partial charge in [0, 0.05) is 24.5 Å². The maximum absolute atomic E-state index is 11.0. The fourth-order valence-electron chi connectivity index (χ4n) is 1.50. The molecule has 0 radical (unpaired) electrons. The standard InChI is InChI=1S/C13H20N2O3/c1-2-3-7-18-8-6-15-12-5-4-10(14)9-11(12)13(16)17/h4-5,9,15H,2-3,6-8,14H2,1H3,(H,16,17). The smallest absolute Gasteiger partial charge is 0.337 e.